The number of carbonyl (C=O) groups is 2. The topological polar surface area (TPSA) is 84.0 Å². The van der Waals surface area contributed by atoms with Gasteiger partial charge in [-0.2, -0.15) is 0 Å². The molecule has 0 saturated carbocycles. The molecular formula is C19H15FN4O2. The predicted molar refractivity (Wildman–Crippen MR) is 96.1 cm³/mol. The van der Waals surface area contributed by atoms with E-state index in [2.05, 4.69) is 20.8 Å². The molecule has 0 aliphatic rings. The number of aromatic nitrogens is 2. The number of para-hydroxylation sites is 1. The third kappa shape index (κ3) is 4.07. The highest BCUT2D eigenvalue weighted by atomic mass is 19.1. The van der Waals surface area contributed by atoms with Crippen LogP contribution in [0.15, 0.2) is 60.7 Å². The second-order valence-electron chi connectivity index (χ2n) is 5.50. The maximum atomic E-state index is 13.6. The summed E-state index contributed by atoms with van der Waals surface area (Å²) in [5.41, 5.74) is 1.48. The lowest BCUT2D eigenvalue weighted by molar-refractivity contribution is 0.101. The first kappa shape index (κ1) is 17.2. The minimum Gasteiger partial charge on any atom is -0.336 e. The van der Waals surface area contributed by atoms with Crippen LogP contribution in [-0.4, -0.2) is 21.9 Å². The van der Waals surface area contributed by atoms with Crippen LogP contribution in [-0.2, 0) is 0 Å². The minimum absolute atomic E-state index is 0.0494. The molecule has 3 rings (SSSR count). The van der Waals surface area contributed by atoms with E-state index in [1.165, 1.54) is 25.1 Å². The molecule has 0 saturated heterocycles. The lowest BCUT2D eigenvalue weighted by Crippen LogP contribution is -2.14. The van der Waals surface area contributed by atoms with Crippen LogP contribution >= 0.6 is 0 Å². The normalized spacial score (nSPS) is 10.2. The number of benzene rings is 2. The van der Waals surface area contributed by atoms with Crippen LogP contribution < -0.4 is 10.6 Å². The number of halogens is 1. The van der Waals surface area contributed by atoms with Crippen LogP contribution in [0.5, 0.6) is 0 Å². The number of anilines is 3. The van der Waals surface area contributed by atoms with Gasteiger partial charge in [0.1, 0.15) is 5.82 Å². The number of nitrogens with zero attached hydrogens (tertiary/aromatic N) is 2. The molecule has 1 aromatic heterocycles. The van der Waals surface area contributed by atoms with Crippen LogP contribution in [0, 0.1) is 5.82 Å². The number of carbonyl (C=O) groups excluding carboxylic acids is 2. The van der Waals surface area contributed by atoms with Crippen molar-refractivity contribution in [1.82, 2.24) is 10.2 Å². The molecule has 0 spiro atoms. The van der Waals surface area contributed by atoms with E-state index in [1.807, 2.05) is 0 Å². The van der Waals surface area contributed by atoms with Crippen LogP contribution in [0.25, 0.3) is 0 Å². The van der Waals surface area contributed by atoms with Crippen LogP contribution in [0.1, 0.15) is 27.8 Å². The van der Waals surface area contributed by atoms with E-state index in [-0.39, 0.29) is 17.2 Å². The minimum atomic E-state index is -0.439. The smallest absolute Gasteiger partial charge is 0.276 e. The van der Waals surface area contributed by atoms with Crippen molar-refractivity contribution in [2.45, 2.75) is 6.92 Å². The average Bonchev–Trinajstić information content (AvgIpc) is 2.64. The Morgan fingerprint density at radius 2 is 1.65 bits per heavy atom. The van der Waals surface area contributed by atoms with E-state index in [0.29, 0.717) is 17.1 Å². The van der Waals surface area contributed by atoms with Gasteiger partial charge in [0.2, 0.25) is 0 Å². The lowest BCUT2D eigenvalue weighted by Gasteiger charge is -2.07. The maximum absolute atomic E-state index is 13.6. The largest absolute Gasteiger partial charge is 0.336 e. The Hall–Kier alpha value is -3.61. The van der Waals surface area contributed by atoms with Crippen molar-refractivity contribution in [3.05, 3.63) is 77.7 Å². The number of rotatable bonds is 5. The van der Waals surface area contributed by atoms with Gasteiger partial charge in [-0.05, 0) is 55.5 Å². The van der Waals surface area contributed by atoms with Gasteiger partial charge in [0.05, 0.1) is 5.69 Å². The summed E-state index contributed by atoms with van der Waals surface area (Å²) in [5, 5.41) is 13.2. The molecule has 0 unspecified atom stereocenters. The second-order valence-corrected chi connectivity index (χ2v) is 5.50. The molecule has 3 aromatic rings. The van der Waals surface area contributed by atoms with Gasteiger partial charge in [-0.15, -0.1) is 10.2 Å². The van der Waals surface area contributed by atoms with Gasteiger partial charge in [-0.1, -0.05) is 12.1 Å². The first-order valence-corrected chi connectivity index (χ1v) is 7.80. The molecule has 0 aliphatic carbocycles. The molecule has 6 nitrogen and oxygen atoms in total. The number of hydrogen-bond donors (Lipinski definition) is 2. The highest BCUT2D eigenvalue weighted by Crippen LogP contribution is 2.17. The Labute approximate surface area is 149 Å². The molecule has 0 radical (unpaired) electrons. The predicted octanol–water partition coefficient (Wildman–Crippen LogP) is 3.81. The molecule has 2 aromatic carbocycles. The van der Waals surface area contributed by atoms with Crippen molar-refractivity contribution in [3.8, 4) is 0 Å². The van der Waals surface area contributed by atoms with Crippen molar-refractivity contribution in [1.29, 1.82) is 0 Å². The van der Waals surface area contributed by atoms with Crippen LogP contribution in [0.2, 0.25) is 0 Å². The van der Waals surface area contributed by atoms with E-state index in [4.69, 9.17) is 0 Å². The Balaban J connectivity index is 1.67. The summed E-state index contributed by atoms with van der Waals surface area (Å²) in [6.45, 7) is 1.47. The molecule has 0 bridgehead atoms. The molecule has 26 heavy (non-hydrogen) atoms. The number of hydrogen-bond acceptors (Lipinski definition) is 5. The molecule has 0 atom stereocenters. The standard InChI is InChI=1S/C19H15FN4O2/c1-12(25)13-6-8-14(9-7-13)21-19(26)17-10-11-18(24-23-17)22-16-5-3-2-4-15(16)20/h2-11H,1H3,(H,21,26)(H,22,24). The summed E-state index contributed by atoms with van der Waals surface area (Å²) in [6, 6.07) is 15.7. The number of nitrogens with one attached hydrogen (secondary N) is 2. The van der Waals surface area contributed by atoms with Gasteiger partial charge in [0.25, 0.3) is 5.91 Å². The summed E-state index contributed by atoms with van der Waals surface area (Å²) >= 11 is 0. The van der Waals surface area contributed by atoms with E-state index < -0.39 is 11.7 Å². The zero-order chi connectivity index (χ0) is 18.5. The van der Waals surface area contributed by atoms with Gasteiger partial charge in [0.15, 0.2) is 17.3 Å². The van der Waals surface area contributed by atoms with E-state index in [9.17, 15) is 14.0 Å². The SMILES string of the molecule is CC(=O)c1ccc(NC(=O)c2ccc(Nc3ccccc3F)nn2)cc1. The number of Topliss-reactive ketones (excluding diaryl/α,β-unsaturated/α-hetero) is 1. The second kappa shape index (κ2) is 7.52. The highest BCUT2D eigenvalue weighted by Gasteiger charge is 2.10. The summed E-state index contributed by atoms with van der Waals surface area (Å²) < 4.78 is 13.6. The Morgan fingerprint density at radius 1 is 0.923 bits per heavy atom. The summed E-state index contributed by atoms with van der Waals surface area (Å²) in [7, 11) is 0. The third-order valence-corrected chi connectivity index (χ3v) is 3.58. The van der Waals surface area contributed by atoms with Crippen molar-refractivity contribution >= 4 is 28.9 Å². The van der Waals surface area contributed by atoms with E-state index in [0.717, 1.165) is 0 Å². The van der Waals surface area contributed by atoms with Crippen molar-refractivity contribution < 1.29 is 14.0 Å². The highest BCUT2D eigenvalue weighted by molar-refractivity contribution is 6.03. The Kier molecular flexibility index (Phi) is 4.98. The van der Waals surface area contributed by atoms with E-state index >= 15 is 0 Å². The fourth-order valence-electron chi connectivity index (χ4n) is 2.20. The summed E-state index contributed by atoms with van der Waals surface area (Å²) in [5.74, 6) is -0.584. The van der Waals surface area contributed by atoms with Gasteiger partial charge in [-0.3, -0.25) is 9.59 Å². The van der Waals surface area contributed by atoms with Crippen molar-refractivity contribution in [2.75, 3.05) is 10.6 Å². The number of ketones is 1. The van der Waals surface area contributed by atoms with Crippen molar-refractivity contribution in [3.63, 3.8) is 0 Å². The Morgan fingerprint density at radius 3 is 2.27 bits per heavy atom. The fourth-order valence-corrected chi connectivity index (χ4v) is 2.20. The van der Waals surface area contributed by atoms with Crippen molar-refractivity contribution in [2.24, 2.45) is 0 Å². The van der Waals surface area contributed by atoms with Crippen LogP contribution in [0.3, 0.4) is 0 Å². The lowest BCUT2D eigenvalue weighted by atomic mass is 10.1. The van der Waals surface area contributed by atoms with Gasteiger partial charge in [0, 0.05) is 11.3 Å². The molecule has 1 amide bonds. The monoisotopic (exact) mass is 350 g/mol. The molecule has 0 fully saturated rings. The quantitative estimate of drug-likeness (QED) is 0.684. The molecular weight excluding hydrogens is 335 g/mol. The molecule has 0 aliphatic heterocycles. The molecule has 130 valence electrons. The number of amides is 1. The van der Waals surface area contributed by atoms with Gasteiger partial charge >= 0.3 is 0 Å². The van der Waals surface area contributed by atoms with Gasteiger partial charge < -0.3 is 10.6 Å². The maximum Gasteiger partial charge on any atom is 0.276 e. The third-order valence-electron chi connectivity index (χ3n) is 3.58. The van der Waals surface area contributed by atoms with Crippen LogP contribution in [0.4, 0.5) is 21.6 Å². The summed E-state index contributed by atoms with van der Waals surface area (Å²) in [6.07, 6.45) is 0. The Bertz CT molecular complexity index is 941. The first-order chi connectivity index (χ1) is 12.5. The zero-order valence-electron chi connectivity index (χ0n) is 13.9. The van der Waals surface area contributed by atoms with Gasteiger partial charge in [-0.25, -0.2) is 4.39 Å². The average molecular weight is 350 g/mol. The zero-order valence-corrected chi connectivity index (χ0v) is 13.9. The molecule has 2 N–H and O–H groups in total. The van der Waals surface area contributed by atoms with E-state index in [1.54, 1.807) is 42.5 Å². The molecule has 1 heterocycles. The fraction of sp³-hybridized carbons (Fsp3) is 0.0526. The first-order valence-electron chi connectivity index (χ1n) is 7.80. The summed E-state index contributed by atoms with van der Waals surface area (Å²) in [4.78, 5) is 23.4. The molecule has 7 heteroatoms.